The maximum absolute atomic E-state index is 11.4. The molecule has 17 heavy (non-hydrogen) atoms. The van der Waals surface area contributed by atoms with Crippen LogP contribution in [0.5, 0.6) is 5.75 Å². The second kappa shape index (κ2) is 5.65. The zero-order chi connectivity index (χ0) is 12.9. The molecule has 0 aromatic heterocycles. The van der Waals surface area contributed by atoms with Gasteiger partial charge in [0.05, 0.1) is 7.11 Å². The Kier molecular flexibility index (Phi) is 4.48. The van der Waals surface area contributed by atoms with Gasteiger partial charge in [-0.2, -0.15) is 0 Å². The van der Waals surface area contributed by atoms with Crippen LogP contribution in [0.25, 0.3) is 0 Å². The summed E-state index contributed by atoms with van der Waals surface area (Å²) in [6, 6.07) is 7.05. The fraction of sp³-hybridized carbons (Fsp3) is 0.417. The molecule has 0 spiro atoms. The molecule has 1 unspecified atom stereocenters. The van der Waals surface area contributed by atoms with E-state index in [1.807, 2.05) is 0 Å². The topological polar surface area (TPSA) is 84.6 Å². The zero-order valence-corrected chi connectivity index (χ0v) is 10.1. The molecular weight excluding hydrogens is 220 g/mol. The molecule has 0 aliphatic heterocycles. The molecule has 0 amide bonds. The van der Waals surface area contributed by atoms with E-state index in [-0.39, 0.29) is 0 Å². The standard InChI is InChI=1S/C12H18N2O3/c1-12(11(15)16,14-8-7-13)9-5-3-4-6-10(9)17-2/h3-6,14H,7-8,13H2,1-2H3,(H,15,16). The van der Waals surface area contributed by atoms with Gasteiger partial charge in [-0.05, 0) is 13.0 Å². The van der Waals surface area contributed by atoms with Gasteiger partial charge in [-0.15, -0.1) is 0 Å². The van der Waals surface area contributed by atoms with Crippen LogP contribution in [-0.2, 0) is 10.3 Å². The van der Waals surface area contributed by atoms with Crippen LogP contribution in [0.2, 0.25) is 0 Å². The van der Waals surface area contributed by atoms with Gasteiger partial charge in [0.2, 0.25) is 0 Å². The van der Waals surface area contributed by atoms with Crippen molar-refractivity contribution >= 4 is 5.97 Å². The van der Waals surface area contributed by atoms with E-state index in [1.165, 1.54) is 7.11 Å². The Morgan fingerprint density at radius 2 is 2.18 bits per heavy atom. The van der Waals surface area contributed by atoms with Crippen molar-refractivity contribution in [2.24, 2.45) is 5.73 Å². The number of nitrogens with two attached hydrogens (primary N) is 1. The van der Waals surface area contributed by atoms with Gasteiger partial charge in [0.1, 0.15) is 11.3 Å². The van der Waals surface area contributed by atoms with Crippen molar-refractivity contribution in [3.8, 4) is 5.75 Å². The lowest BCUT2D eigenvalue weighted by molar-refractivity contribution is -0.144. The molecule has 1 aromatic carbocycles. The summed E-state index contributed by atoms with van der Waals surface area (Å²) in [6.45, 7) is 2.39. The number of carboxylic acids is 1. The number of hydrogen-bond donors (Lipinski definition) is 3. The second-order valence-electron chi connectivity index (χ2n) is 3.85. The van der Waals surface area contributed by atoms with Crippen molar-refractivity contribution in [1.82, 2.24) is 5.32 Å². The van der Waals surface area contributed by atoms with Crippen LogP contribution in [0, 0.1) is 0 Å². The lowest BCUT2D eigenvalue weighted by Gasteiger charge is -2.28. The fourth-order valence-electron chi connectivity index (χ4n) is 1.67. The van der Waals surface area contributed by atoms with Gasteiger partial charge in [-0.3, -0.25) is 5.32 Å². The van der Waals surface area contributed by atoms with E-state index >= 15 is 0 Å². The van der Waals surface area contributed by atoms with Gasteiger partial charge >= 0.3 is 5.97 Å². The van der Waals surface area contributed by atoms with E-state index in [0.29, 0.717) is 24.4 Å². The molecule has 4 N–H and O–H groups in total. The minimum absolute atomic E-state index is 0.373. The van der Waals surface area contributed by atoms with E-state index in [9.17, 15) is 9.90 Å². The molecule has 5 nitrogen and oxygen atoms in total. The predicted molar refractivity (Wildman–Crippen MR) is 65.0 cm³/mol. The molecule has 0 aliphatic rings. The molecule has 94 valence electrons. The molecule has 0 heterocycles. The van der Waals surface area contributed by atoms with Crippen LogP contribution in [0.4, 0.5) is 0 Å². The minimum Gasteiger partial charge on any atom is -0.496 e. The number of aliphatic carboxylic acids is 1. The molecule has 0 radical (unpaired) electrons. The summed E-state index contributed by atoms with van der Waals surface area (Å²) in [6.07, 6.45) is 0. The average Bonchev–Trinajstić information content (AvgIpc) is 2.35. The summed E-state index contributed by atoms with van der Waals surface area (Å²) >= 11 is 0. The van der Waals surface area contributed by atoms with Crippen molar-refractivity contribution in [2.75, 3.05) is 20.2 Å². The van der Waals surface area contributed by atoms with E-state index < -0.39 is 11.5 Å². The summed E-state index contributed by atoms with van der Waals surface area (Å²) in [5.74, 6) is -0.419. The van der Waals surface area contributed by atoms with Crippen LogP contribution in [-0.4, -0.2) is 31.3 Å². The lowest BCUT2D eigenvalue weighted by atomic mass is 9.91. The van der Waals surface area contributed by atoms with Gasteiger partial charge in [0.25, 0.3) is 0 Å². The Hall–Kier alpha value is -1.59. The van der Waals surface area contributed by atoms with E-state index in [0.717, 1.165) is 0 Å². The van der Waals surface area contributed by atoms with Gasteiger partial charge in [-0.25, -0.2) is 4.79 Å². The Balaban J connectivity index is 3.17. The summed E-state index contributed by atoms with van der Waals surface area (Å²) in [4.78, 5) is 11.4. The molecule has 1 atom stereocenters. The Labute approximate surface area is 101 Å². The number of hydrogen-bond acceptors (Lipinski definition) is 4. The largest absolute Gasteiger partial charge is 0.496 e. The van der Waals surface area contributed by atoms with E-state index in [1.54, 1.807) is 31.2 Å². The van der Waals surface area contributed by atoms with Gasteiger partial charge in [0.15, 0.2) is 0 Å². The highest BCUT2D eigenvalue weighted by atomic mass is 16.5. The molecule has 0 bridgehead atoms. The first-order chi connectivity index (χ1) is 8.06. The summed E-state index contributed by atoms with van der Waals surface area (Å²) in [5.41, 5.74) is 4.78. The van der Waals surface area contributed by atoms with Gasteiger partial charge < -0.3 is 15.6 Å². The Bertz CT molecular complexity index is 395. The third kappa shape index (κ3) is 2.75. The number of methoxy groups -OCH3 is 1. The Morgan fingerprint density at radius 3 is 2.71 bits per heavy atom. The first-order valence-electron chi connectivity index (χ1n) is 5.38. The predicted octanol–water partition coefficient (Wildman–Crippen LogP) is 0.543. The third-order valence-corrected chi connectivity index (χ3v) is 2.70. The van der Waals surface area contributed by atoms with E-state index in [4.69, 9.17) is 10.5 Å². The number of ether oxygens (including phenoxy) is 1. The van der Waals surface area contributed by atoms with Crippen molar-refractivity contribution in [3.05, 3.63) is 29.8 Å². The monoisotopic (exact) mass is 238 g/mol. The molecule has 5 heteroatoms. The van der Waals surface area contributed by atoms with Crippen LogP contribution >= 0.6 is 0 Å². The number of benzene rings is 1. The molecular formula is C12H18N2O3. The second-order valence-corrected chi connectivity index (χ2v) is 3.85. The third-order valence-electron chi connectivity index (χ3n) is 2.70. The van der Waals surface area contributed by atoms with Gasteiger partial charge in [0, 0.05) is 18.7 Å². The summed E-state index contributed by atoms with van der Waals surface area (Å²) in [5, 5.41) is 12.3. The average molecular weight is 238 g/mol. The van der Waals surface area contributed by atoms with Crippen LogP contribution in [0.15, 0.2) is 24.3 Å². The van der Waals surface area contributed by atoms with Gasteiger partial charge in [-0.1, -0.05) is 18.2 Å². The number of carboxylic acid groups (broad SMARTS) is 1. The Morgan fingerprint density at radius 1 is 1.53 bits per heavy atom. The highest BCUT2D eigenvalue weighted by Gasteiger charge is 2.36. The number of nitrogens with one attached hydrogen (secondary N) is 1. The van der Waals surface area contributed by atoms with Crippen molar-refractivity contribution in [1.29, 1.82) is 0 Å². The first-order valence-corrected chi connectivity index (χ1v) is 5.38. The molecule has 1 rings (SSSR count). The molecule has 0 saturated heterocycles. The number of rotatable bonds is 6. The highest BCUT2D eigenvalue weighted by Crippen LogP contribution is 2.29. The minimum atomic E-state index is -1.20. The molecule has 0 saturated carbocycles. The SMILES string of the molecule is COc1ccccc1C(C)(NCCN)C(=O)O. The van der Waals surface area contributed by atoms with Crippen LogP contribution in [0.3, 0.4) is 0 Å². The molecule has 1 aromatic rings. The van der Waals surface area contributed by atoms with Crippen molar-refractivity contribution in [3.63, 3.8) is 0 Å². The summed E-state index contributed by atoms with van der Waals surface area (Å²) < 4.78 is 5.19. The molecule has 0 fully saturated rings. The van der Waals surface area contributed by atoms with E-state index in [2.05, 4.69) is 5.32 Å². The van der Waals surface area contributed by atoms with Crippen molar-refractivity contribution < 1.29 is 14.6 Å². The smallest absolute Gasteiger partial charge is 0.328 e. The normalized spacial score (nSPS) is 14.1. The maximum Gasteiger partial charge on any atom is 0.328 e. The molecule has 0 aliphatic carbocycles. The fourth-order valence-corrected chi connectivity index (χ4v) is 1.67. The number of para-hydroxylation sites is 1. The van der Waals surface area contributed by atoms with Crippen molar-refractivity contribution in [2.45, 2.75) is 12.5 Å². The maximum atomic E-state index is 11.4. The van der Waals surface area contributed by atoms with Crippen LogP contribution < -0.4 is 15.8 Å². The highest BCUT2D eigenvalue weighted by molar-refractivity contribution is 5.81. The first kappa shape index (κ1) is 13.5. The summed E-state index contributed by atoms with van der Waals surface area (Å²) in [7, 11) is 1.52. The zero-order valence-electron chi connectivity index (χ0n) is 10.1. The lowest BCUT2D eigenvalue weighted by Crippen LogP contribution is -2.48. The van der Waals surface area contributed by atoms with Crippen LogP contribution in [0.1, 0.15) is 12.5 Å². The quantitative estimate of drug-likeness (QED) is 0.673. The number of carbonyl (C=O) groups is 1.